The first kappa shape index (κ1) is 12.3. The molecule has 0 aliphatic heterocycles. The summed E-state index contributed by atoms with van der Waals surface area (Å²) in [5, 5.41) is 12.1. The van der Waals surface area contributed by atoms with E-state index >= 15 is 0 Å². The molecular weight excluding hydrogens is 234 g/mol. The summed E-state index contributed by atoms with van der Waals surface area (Å²) in [5.41, 5.74) is -0.136. The number of esters is 1. The lowest BCUT2D eigenvalue weighted by Crippen LogP contribution is -2.19. The average Bonchev–Trinajstić information content (AvgIpc) is 2.66. The Morgan fingerprint density at radius 1 is 1.56 bits per heavy atom. The highest BCUT2D eigenvalue weighted by Crippen LogP contribution is 2.25. The van der Waals surface area contributed by atoms with Crippen LogP contribution in [0.3, 0.4) is 0 Å². The minimum absolute atomic E-state index is 0.108. The molecule has 0 saturated carbocycles. The molecule has 0 radical (unpaired) electrons. The van der Waals surface area contributed by atoms with Gasteiger partial charge in [0.25, 0.3) is 5.69 Å². The van der Waals surface area contributed by atoms with Gasteiger partial charge in [0.05, 0.1) is 22.8 Å². The Bertz CT molecular complexity index is 425. The number of ether oxygens (including phenoxy) is 1. The molecule has 7 heteroatoms. The number of ketones is 1. The zero-order chi connectivity index (χ0) is 12.1. The van der Waals surface area contributed by atoms with Crippen molar-refractivity contribution in [3.63, 3.8) is 0 Å². The Morgan fingerprint density at radius 3 is 2.81 bits per heavy atom. The van der Waals surface area contributed by atoms with Crippen molar-refractivity contribution in [2.45, 2.75) is 13.3 Å². The van der Waals surface area contributed by atoms with Crippen LogP contribution in [0, 0.1) is 10.1 Å². The highest BCUT2D eigenvalue weighted by molar-refractivity contribution is 7.10. The van der Waals surface area contributed by atoms with Crippen molar-refractivity contribution in [3.05, 3.63) is 26.4 Å². The Labute approximate surface area is 95.0 Å². The first-order chi connectivity index (χ1) is 7.56. The molecule has 1 rings (SSSR count). The van der Waals surface area contributed by atoms with E-state index in [1.165, 1.54) is 11.4 Å². The third-order valence-electron chi connectivity index (χ3n) is 1.74. The molecular formula is C9H9NO5S. The van der Waals surface area contributed by atoms with Crippen molar-refractivity contribution in [1.29, 1.82) is 0 Å². The first-order valence-electron chi connectivity index (χ1n) is 4.47. The van der Waals surface area contributed by atoms with Crippen LogP contribution in [0.5, 0.6) is 0 Å². The second-order valence-electron chi connectivity index (χ2n) is 2.81. The molecule has 1 aromatic rings. The van der Waals surface area contributed by atoms with Crippen LogP contribution in [-0.2, 0) is 20.7 Å². The van der Waals surface area contributed by atoms with E-state index in [1.54, 1.807) is 6.92 Å². The Balaban J connectivity index is 2.73. The van der Waals surface area contributed by atoms with Gasteiger partial charge in [-0.1, -0.05) is 0 Å². The van der Waals surface area contributed by atoms with Gasteiger partial charge in [-0.05, 0) is 12.3 Å². The average molecular weight is 243 g/mol. The van der Waals surface area contributed by atoms with Crippen LogP contribution in [0.2, 0.25) is 0 Å². The summed E-state index contributed by atoms with van der Waals surface area (Å²) in [6.07, 6.45) is -0.285. The maximum atomic E-state index is 11.3. The summed E-state index contributed by atoms with van der Waals surface area (Å²) in [6.45, 7) is 1.69. The van der Waals surface area contributed by atoms with Crippen LogP contribution in [0.1, 0.15) is 11.8 Å². The fourth-order valence-electron chi connectivity index (χ4n) is 1.06. The second-order valence-corrected chi connectivity index (χ2v) is 3.81. The molecule has 16 heavy (non-hydrogen) atoms. The minimum atomic E-state index is -0.954. The Morgan fingerprint density at radius 2 is 2.25 bits per heavy atom. The Kier molecular flexibility index (Phi) is 4.12. The molecule has 0 atom stereocenters. The van der Waals surface area contributed by atoms with Gasteiger partial charge < -0.3 is 4.74 Å². The van der Waals surface area contributed by atoms with Gasteiger partial charge in [0, 0.05) is 6.07 Å². The van der Waals surface area contributed by atoms with E-state index in [2.05, 4.69) is 4.74 Å². The molecule has 0 fully saturated rings. The smallest absolute Gasteiger partial charge is 0.374 e. The molecule has 0 spiro atoms. The van der Waals surface area contributed by atoms with Crippen molar-refractivity contribution in [1.82, 2.24) is 0 Å². The van der Waals surface area contributed by atoms with Crippen LogP contribution in [0.4, 0.5) is 5.69 Å². The van der Waals surface area contributed by atoms with Crippen LogP contribution in [0.25, 0.3) is 0 Å². The van der Waals surface area contributed by atoms with Crippen molar-refractivity contribution < 1.29 is 19.2 Å². The number of rotatable bonds is 5. The third kappa shape index (κ3) is 2.86. The molecule has 0 aromatic carbocycles. The fraction of sp³-hybridized carbons (Fsp3) is 0.333. The lowest BCUT2D eigenvalue weighted by atomic mass is 10.2. The van der Waals surface area contributed by atoms with E-state index in [1.807, 2.05) is 0 Å². The summed E-state index contributed by atoms with van der Waals surface area (Å²) < 4.78 is 4.50. The summed E-state index contributed by atoms with van der Waals surface area (Å²) >= 11 is 1.07. The van der Waals surface area contributed by atoms with E-state index in [4.69, 9.17) is 0 Å². The van der Waals surface area contributed by atoms with Gasteiger partial charge in [-0.2, -0.15) is 0 Å². The number of Topliss-reactive ketones (excluding diaryl/α,β-unsaturated/α-hetero) is 1. The SMILES string of the molecule is CCOC(=O)C(=O)Cc1sccc1[N+](=O)[O-]. The van der Waals surface area contributed by atoms with E-state index in [-0.39, 0.29) is 23.6 Å². The van der Waals surface area contributed by atoms with Gasteiger partial charge >= 0.3 is 5.97 Å². The lowest BCUT2D eigenvalue weighted by Gasteiger charge is -1.99. The van der Waals surface area contributed by atoms with Crippen LogP contribution in [-0.4, -0.2) is 23.3 Å². The monoisotopic (exact) mass is 243 g/mol. The van der Waals surface area contributed by atoms with Crippen molar-refractivity contribution >= 4 is 28.8 Å². The quantitative estimate of drug-likeness (QED) is 0.337. The fourth-order valence-corrected chi connectivity index (χ4v) is 1.90. The summed E-state index contributed by atoms with van der Waals surface area (Å²) in [4.78, 5) is 32.5. The number of nitrogens with zero attached hydrogens (tertiary/aromatic N) is 1. The molecule has 0 aliphatic carbocycles. The number of thiophene rings is 1. The van der Waals surface area contributed by atoms with Gasteiger partial charge in [-0.3, -0.25) is 14.9 Å². The van der Waals surface area contributed by atoms with Gasteiger partial charge in [0.15, 0.2) is 0 Å². The molecule has 0 N–H and O–H groups in total. The zero-order valence-electron chi connectivity index (χ0n) is 8.47. The Hall–Kier alpha value is -1.76. The number of hydrogen-bond donors (Lipinski definition) is 0. The number of hydrogen-bond acceptors (Lipinski definition) is 6. The van der Waals surface area contributed by atoms with E-state index in [0.717, 1.165) is 11.3 Å². The van der Waals surface area contributed by atoms with Gasteiger partial charge in [0.1, 0.15) is 0 Å². The zero-order valence-corrected chi connectivity index (χ0v) is 9.28. The maximum Gasteiger partial charge on any atom is 0.374 e. The third-order valence-corrected chi connectivity index (χ3v) is 2.65. The van der Waals surface area contributed by atoms with Crippen LogP contribution >= 0.6 is 11.3 Å². The molecule has 0 amide bonds. The molecule has 0 bridgehead atoms. The van der Waals surface area contributed by atoms with Crippen LogP contribution < -0.4 is 0 Å². The minimum Gasteiger partial charge on any atom is -0.460 e. The topological polar surface area (TPSA) is 86.5 Å². The summed E-state index contributed by atoms with van der Waals surface area (Å²) in [5.74, 6) is -1.72. The molecule has 1 heterocycles. The lowest BCUT2D eigenvalue weighted by molar-refractivity contribution is -0.385. The molecule has 0 aliphatic rings. The number of nitro groups is 1. The van der Waals surface area contributed by atoms with Gasteiger partial charge in [-0.25, -0.2) is 4.79 Å². The summed E-state index contributed by atoms with van der Waals surface area (Å²) in [6, 6.07) is 1.30. The molecule has 6 nitrogen and oxygen atoms in total. The van der Waals surface area contributed by atoms with Crippen LogP contribution in [0.15, 0.2) is 11.4 Å². The van der Waals surface area contributed by atoms with E-state index in [0.29, 0.717) is 0 Å². The predicted molar refractivity (Wildman–Crippen MR) is 56.3 cm³/mol. The molecule has 1 aromatic heterocycles. The second kappa shape index (κ2) is 5.36. The standard InChI is InChI=1S/C9H9NO5S/c1-2-15-9(12)7(11)5-8-6(10(13)14)3-4-16-8/h3-4H,2,5H2,1H3. The first-order valence-corrected chi connectivity index (χ1v) is 5.35. The summed E-state index contributed by atoms with van der Waals surface area (Å²) in [7, 11) is 0. The predicted octanol–water partition coefficient (Wildman–Crippen LogP) is 1.33. The highest BCUT2D eigenvalue weighted by atomic mass is 32.1. The maximum absolute atomic E-state index is 11.3. The molecule has 86 valence electrons. The van der Waals surface area contributed by atoms with Gasteiger partial charge in [-0.15, -0.1) is 11.3 Å². The largest absolute Gasteiger partial charge is 0.460 e. The normalized spacial score (nSPS) is 9.81. The molecule has 0 saturated heterocycles. The molecule has 0 unspecified atom stereocenters. The highest BCUT2D eigenvalue weighted by Gasteiger charge is 2.22. The van der Waals surface area contributed by atoms with E-state index in [9.17, 15) is 19.7 Å². The van der Waals surface area contributed by atoms with Crippen molar-refractivity contribution in [2.24, 2.45) is 0 Å². The number of carbonyl (C=O) groups excluding carboxylic acids is 2. The number of carbonyl (C=O) groups is 2. The van der Waals surface area contributed by atoms with Crippen molar-refractivity contribution in [2.75, 3.05) is 6.61 Å². The van der Waals surface area contributed by atoms with Gasteiger partial charge in [0.2, 0.25) is 5.78 Å². The van der Waals surface area contributed by atoms with E-state index < -0.39 is 16.7 Å². The van der Waals surface area contributed by atoms with Crippen molar-refractivity contribution in [3.8, 4) is 0 Å².